The van der Waals surface area contributed by atoms with Crippen molar-refractivity contribution in [2.45, 2.75) is 30.5 Å². The van der Waals surface area contributed by atoms with Gasteiger partial charge in [0.05, 0.1) is 17.3 Å². The average Bonchev–Trinajstić information content (AvgIpc) is 3.47. The zero-order valence-corrected chi connectivity index (χ0v) is 23.8. The lowest BCUT2D eigenvalue weighted by atomic mass is 9.77. The molecular formula is C33H35N5O2S. The molecule has 4 aromatic carbocycles. The lowest BCUT2D eigenvalue weighted by molar-refractivity contribution is 0.141. The number of thiazole rings is 1. The molecule has 8 heteroatoms. The molecule has 0 bridgehead atoms. The van der Waals surface area contributed by atoms with Crippen LogP contribution in [0.3, 0.4) is 0 Å². The van der Waals surface area contributed by atoms with Crippen molar-refractivity contribution in [3.05, 3.63) is 131 Å². The normalized spacial score (nSPS) is 13.6. The minimum absolute atomic E-state index is 0.314. The monoisotopic (exact) mass is 565 g/mol. The molecule has 0 aliphatic heterocycles. The van der Waals surface area contributed by atoms with Crippen LogP contribution < -0.4 is 21.5 Å². The molecule has 0 aliphatic carbocycles. The zero-order chi connectivity index (χ0) is 28.7. The molecule has 0 aliphatic rings. The van der Waals surface area contributed by atoms with E-state index >= 15 is 0 Å². The predicted molar refractivity (Wildman–Crippen MR) is 167 cm³/mol. The highest BCUT2D eigenvalue weighted by atomic mass is 32.1. The average molecular weight is 566 g/mol. The second-order valence-corrected chi connectivity index (χ2v) is 10.9. The van der Waals surface area contributed by atoms with Gasteiger partial charge in [0.1, 0.15) is 22.4 Å². The smallest absolute Gasteiger partial charge is 0.189 e. The van der Waals surface area contributed by atoms with Crippen LogP contribution in [0.1, 0.15) is 40.6 Å². The molecule has 0 amide bonds. The van der Waals surface area contributed by atoms with Crippen molar-refractivity contribution in [1.82, 2.24) is 10.3 Å². The maximum atomic E-state index is 10.8. The van der Waals surface area contributed by atoms with Gasteiger partial charge in [0.25, 0.3) is 0 Å². The van der Waals surface area contributed by atoms with Gasteiger partial charge >= 0.3 is 0 Å². The van der Waals surface area contributed by atoms with E-state index in [1.165, 1.54) is 11.3 Å². The number of aliphatic hydroxyl groups excluding tert-OH is 1. The number of aliphatic hydroxyl groups is 1. The molecular weight excluding hydrogens is 530 g/mol. The molecule has 2 atom stereocenters. The third-order valence-electron chi connectivity index (χ3n) is 7.20. The van der Waals surface area contributed by atoms with Crippen molar-refractivity contribution < 1.29 is 9.84 Å². The summed E-state index contributed by atoms with van der Waals surface area (Å²) in [7, 11) is 1.66. The van der Waals surface area contributed by atoms with Crippen LogP contribution in [0.4, 0.5) is 0 Å². The Kier molecular flexibility index (Phi) is 8.94. The van der Waals surface area contributed by atoms with Crippen molar-refractivity contribution in [2.75, 3.05) is 13.7 Å². The quantitative estimate of drug-likeness (QED) is 0.0743. The van der Waals surface area contributed by atoms with Gasteiger partial charge in [-0.05, 0) is 53.8 Å². The fourth-order valence-electron chi connectivity index (χ4n) is 5.05. The van der Waals surface area contributed by atoms with E-state index in [2.05, 4.69) is 39.6 Å². The first-order valence-corrected chi connectivity index (χ1v) is 14.5. The minimum atomic E-state index is -0.828. The number of rotatable bonds is 11. The molecule has 1 unspecified atom stereocenters. The summed E-state index contributed by atoms with van der Waals surface area (Å²) < 4.78 is 6.46. The molecule has 41 heavy (non-hydrogen) atoms. The van der Waals surface area contributed by atoms with Crippen molar-refractivity contribution in [2.24, 2.45) is 16.5 Å². The number of aliphatic imine (C=N–C) groups is 1. The van der Waals surface area contributed by atoms with E-state index < -0.39 is 17.7 Å². The van der Waals surface area contributed by atoms with Gasteiger partial charge in [0.15, 0.2) is 5.96 Å². The minimum Gasteiger partial charge on any atom is -0.497 e. The van der Waals surface area contributed by atoms with Crippen LogP contribution in [0.5, 0.6) is 5.75 Å². The summed E-state index contributed by atoms with van der Waals surface area (Å²) in [5.74, 6) is 1.09. The fraction of sp³-hybridized carbons (Fsp3) is 0.212. The van der Waals surface area contributed by atoms with E-state index in [1.54, 1.807) is 7.11 Å². The Hall–Kier alpha value is -4.24. The van der Waals surface area contributed by atoms with Crippen LogP contribution in [-0.4, -0.2) is 35.7 Å². The van der Waals surface area contributed by atoms with E-state index in [-0.39, 0.29) is 0 Å². The molecule has 0 spiro atoms. The molecule has 0 saturated heterocycles. The number of nitrogens with one attached hydrogen (secondary N) is 1. The Labute approximate surface area is 244 Å². The highest BCUT2D eigenvalue weighted by Gasteiger charge is 2.37. The Morgan fingerprint density at radius 2 is 1.49 bits per heavy atom. The van der Waals surface area contributed by atoms with Gasteiger partial charge in [-0.3, -0.25) is 4.99 Å². The summed E-state index contributed by atoms with van der Waals surface area (Å²) in [6.45, 7) is 0.460. The second kappa shape index (κ2) is 13.0. The van der Waals surface area contributed by atoms with E-state index in [1.807, 2.05) is 84.9 Å². The number of hydrogen-bond donors (Lipinski definition) is 4. The van der Waals surface area contributed by atoms with Gasteiger partial charge in [-0.1, -0.05) is 84.9 Å². The summed E-state index contributed by atoms with van der Waals surface area (Å²) >= 11 is 1.47. The molecule has 210 valence electrons. The molecule has 5 rings (SSSR count). The summed E-state index contributed by atoms with van der Waals surface area (Å²) in [4.78, 5) is 9.22. The first-order valence-electron chi connectivity index (χ1n) is 13.6. The van der Waals surface area contributed by atoms with Crippen molar-refractivity contribution in [3.8, 4) is 5.75 Å². The maximum Gasteiger partial charge on any atom is 0.189 e. The molecule has 7 nitrogen and oxygen atoms in total. The number of guanidine groups is 1. The van der Waals surface area contributed by atoms with E-state index in [0.717, 1.165) is 32.7 Å². The van der Waals surface area contributed by atoms with Gasteiger partial charge in [0, 0.05) is 12.6 Å². The first kappa shape index (κ1) is 28.3. The van der Waals surface area contributed by atoms with Crippen molar-refractivity contribution >= 4 is 27.5 Å². The number of methoxy groups -OCH3 is 1. The molecule has 0 fully saturated rings. The summed E-state index contributed by atoms with van der Waals surface area (Å²) in [5.41, 5.74) is 16.0. The van der Waals surface area contributed by atoms with Crippen LogP contribution >= 0.6 is 11.3 Å². The maximum absolute atomic E-state index is 10.8. The van der Waals surface area contributed by atoms with Crippen molar-refractivity contribution in [1.29, 1.82) is 0 Å². The molecule has 0 radical (unpaired) electrons. The number of ether oxygens (including phenoxy) is 1. The molecule has 5 aromatic rings. The first-order chi connectivity index (χ1) is 20.0. The molecule has 1 aromatic heterocycles. The van der Waals surface area contributed by atoms with Crippen LogP contribution in [-0.2, 0) is 5.54 Å². The van der Waals surface area contributed by atoms with Gasteiger partial charge in [0.2, 0.25) is 0 Å². The highest BCUT2D eigenvalue weighted by Crippen LogP contribution is 2.37. The Morgan fingerprint density at radius 3 is 2.10 bits per heavy atom. The SMILES string of the molecule is COc1ccc(C(NC(N)=NCCC[C@H](N)C(O)c2nc3ccccc3s2)(c2ccccc2)c2ccccc2)cc1. The van der Waals surface area contributed by atoms with Gasteiger partial charge < -0.3 is 26.6 Å². The van der Waals surface area contributed by atoms with E-state index in [0.29, 0.717) is 30.4 Å². The number of benzene rings is 4. The van der Waals surface area contributed by atoms with Crippen LogP contribution in [0.25, 0.3) is 10.2 Å². The van der Waals surface area contributed by atoms with Crippen LogP contribution in [0.15, 0.2) is 114 Å². The standard InChI is InChI=1S/C33H35N5O2S/c1-40-26-20-18-25(19-21-26)33(23-11-4-2-5-12-23,24-13-6-3-7-14-24)38-32(35)36-22-10-15-27(34)30(39)31-37-28-16-8-9-17-29(28)41-31/h2-9,11-14,16-21,27,30,39H,10,15,22,34H2,1H3,(H3,35,36,38)/t27-,30?/m0/s1. The number of hydrogen-bond acceptors (Lipinski definition) is 6. The third kappa shape index (κ3) is 6.25. The Morgan fingerprint density at radius 1 is 0.902 bits per heavy atom. The lowest BCUT2D eigenvalue weighted by Gasteiger charge is -2.37. The summed E-state index contributed by atoms with van der Waals surface area (Å²) in [5, 5.41) is 15.0. The predicted octanol–water partition coefficient (Wildman–Crippen LogP) is 5.34. The largest absolute Gasteiger partial charge is 0.497 e. The van der Waals surface area contributed by atoms with E-state index in [9.17, 15) is 5.11 Å². The molecule has 6 N–H and O–H groups in total. The number of fused-ring (bicyclic) bond motifs is 1. The third-order valence-corrected chi connectivity index (χ3v) is 8.31. The number of nitrogens with two attached hydrogens (primary N) is 2. The van der Waals surface area contributed by atoms with Gasteiger partial charge in [-0.2, -0.15) is 0 Å². The Balaban J connectivity index is 1.34. The summed E-state index contributed by atoms with van der Waals surface area (Å²) in [6.07, 6.45) is 0.415. The number of aromatic nitrogens is 1. The Bertz CT molecular complexity index is 1500. The summed E-state index contributed by atoms with van der Waals surface area (Å²) in [6, 6.07) is 35.8. The fourth-order valence-corrected chi connectivity index (χ4v) is 6.08. The number of para-hydroxylation sites is 1. The topological polar surface area (TPSA) is 119 Å². The number of nitrogens with zero attached hydrogens (tertiary/aromatic N) is 2. The van der Waals surface area contributed by atoms with Crippen LogP contribution in [0.2, 0.25) is 0 Å². The van der Waals surface area contributed by atoms with Crippen molar-refractivity contribution in [3.63, 3.8) is 0 Å². The lowest BCUT2D eigenvalue weighted by Crippen LogP contribution is -2.50. The highest BCUT2D eigenvalue weighted by molar-refractivity contribution is 7.18. The second-order valence-electron chi connectivity index (χ2n) is 9.87. The van der Waals surface area contributed by atoms with Gasteiger partial charge in [-0.15, -0.1) is 11.3 Å². The molecule has 1 heterocycles. The van der Waals surface area contributed by atoms with E-state index in [4.69, 9.17) is 16.2 Å². The zero-order valence-electron chi connectivity index (χ0n) is 23.0. The van der Waals surface area contributed by atoms with Crippen LogP contribution in [0, 0.1) is 0 Å². The molecule has 0 saturated carbocycles. The van der Waals surface area contributed by atoms with Gasteiger partial charge in [-0.25, -0.2) is 4.98 Å².